The molecule has 0 fully saturated rings. The Hall–Kier alpha value is -4.00. The molecule has 0 saturated carbocycles. The van der Waals surface area contributed by atoms with Crippen molar-refractivity contribution < 1.29 is 0 Å². The predicted molar refractivity (Wildman–Crippen MR) is 155 cm³/mol. The maximum atomic E-state index is 5.03. The van der Waals surface area contributed by atoms with Crippen LogP contribution in [0.1, 0.15) is 11.1 Å². The molecule has 0 amide bonds. The summed E-state index contributed by atoms with van der Waals surface area (Å²) in [5.74, 6) is 0. The van der Waals surface area contributed by atoms with Gasteiger partial charge in [0, 0.05) is 11.1 Å². The van der Waals surface area contributed by atoms with Crippen LogP contribution < -0.4 is 0 Å². The van der Waals surface area contributed by atoms with Gasteiger partial charge in [0.2, 0.25) is 0 Å². The first-order valence-electron chi connectivity index (χ1n) is 11.5. The maximum Gasteiger partial charge on any atom is 0.136 e. The summed E-state index contributed by atoms with van der Waals surface area (Å²) in [6.07, 6.45) is 0. The summed E-state index contributed by atoms with van der Waals surface area (Å²) in [4.78, 5) is 19.9. The van der Waals surface area contributed by atoms with Crippen LogP contribution in [0.2, 0.25) is 0 Å². The number of nitrogens with zero attached hydrogens (tertiary/aromatic N) is 4. The zero-order valence-electron chi connectivity index (χ0n) is 19.2. The second kappa shape index (κ2) is 10.3. The normalized spacial score (nSPS) is 19.6. The molecule has 2 aliphatic rings. The Kier molecular flexibility index (Phi) is 6.44. The number of aliphatic imine (C=N–C) groups is 4. The molecule has 2 heterocycles. The van der Waals surface area contributed by atoms with Gasteiger partial charge in [0.1, 0.15) is 31.6 Å². The molecule has 0 spiro atoms. The van der Waals surface area contributed by atoms with E-state index in [-0.39, 0.29) is 0 Å². The van der Waals surface area contributed by atoms with Gasteiger partial charge in [0.25, 0.3) is 0 Å². The Bertz CT molecular complexity index is 1420. The SMILES string of the molecule is c1ccc(N=C2S/C(=C3\N=C(c4ccccc4)C(=Nc4ccccc4)S3)N=C2c2ccccc2)cc1. The highest BCUT2D eigenvalue weighted by molar-refractivity contribution is 8.22. The summed E-state index contributed by atoms with van der Waals surface area (Å²) in [6.45, 7) is 0. The smallest absolute Gasteiger partial charge is 0.136 e. The molecular weight excluding hydrogens is 480 g/mol. The number of benzene rings is 4. The monoisotopic (exact) mass is 500 g/mol. The van der Waals surface area contributed by atoms with Crippen LogP contribution in [0.4, 0.5) is 11.4 Å². The first-order valence-corrected chi connectivity index (χ1v) is 13.1. The van der Waals surface area contributed by atoms with E-state index in [1.807, 2.05) is 97.1 Å². The summed E-state index contributed by atoms with van der Waals surface area (Å²) in [5.41, 5.74) is 5.57. The predicted octanol–water partition coefficient (Wildman–Crippen LogP) is 8.05. The molecule has 0 atom stereocenters. The van der Waals surface area contributed by atoms with Crippen LogP contribution >= 0.6 is 23.5 Å². The van der Waals surface area contributed by atoms with E-state index in [1.54, 1.807) is 23.5 Å². The highest BCUT2D eigenvalue weighted by Crippen LogP contribution is 2.42. The minimum absolute atomic E-state index is 0.834. The highest BCUT2D eigenvalue weighted by atomic mass is 32.2. The van der Waals surface area contributed by atoms with Crippen LogP contribution in [-0.2, 0) is 0 Å². The van der Waals surface area contributed by atoms with Gasteiger partial charge in [-0.3, -0.25) is 0 Å². The minimum atomic E-state index is 0.834. The number of hydrogen-bond acceptors (Lipinski definition) is 6. The number of para-hydroxylation sites is 2. The third-order valence-electron chi connectivity index (χ3n) is 5.47. The molecule has 0 N–H and O–H groups in total. The van der Waals surface area contributed by atoms with E-state index in [0.29, 0.717) is 0 Å². The van der Waals surface area contributed by atoms with Gasteiger partial charge in [-0.05, 0) is 47.8 Å². The van der Waals surface area contributed by atoms with Crippen molar-refractivity contribution in [3.63, 3.8) is 0 Å². The molecule has 36 heavy (non-hydrogen) atoms. The lowest BCUT2D eigenvalue weighted by atomic mass is 10.1. The Balaban J connectivity index is 1.46. The van der Waals surface area contributed by atoms with E-state index in [4.69, 9.17) is 20.0 Å². The third-order valence-corrected chi connectivity index (χ3v) is 7.51. The fourth-order valence-corrected chi connectivity index (χ4v) is 5.74. The van der Waals surface area contributed by atoms with E-state index in [9.17, 15) is 0 Å². The number of hydrogen-bond donors (Lipinski definition) is 0. The van der Waals surface area contributed by atoms with Crippen molar-refractivity contribution in [1.82, 2.24) is 0 Å². The second-order valence-electron chi connectivity index (χ2n) is 7.97. The van der Waals surface area contributed by atoms with E-state index in [2.05, 4.69) is 24.3 Å². The van der Waals surface area contributed by atoms with Gasteiger partial charge < -0.3 is 0 Å². The second-order valence-corrected chi connectivity index (χ2v) is 9.93. The van der Waals surface area contributed by atoms with Gasteiger partial charge >= 0.3 is 0 Å². The van der Waals surface area contributed by atoms with Crippen LogP contribution in [0.5, 0.6) is 0 Å². The van der Waals surface area contributed by atoms with Crippen LogP contribution in [0.3, 0.4) is 0 Å². The van der Waals surface area contributed by atoms with Crippen molar-refractivity contribution in [2.45, 2.75) is 0 Å². The van der Waals surface area contributed by atoms with Crippen molar-refractivity contribution in [3.05, 3.63) is 143 Å². The molecule has 6 rings (SSSR count). The molecule has 172 valence electrons. The zero-order valence-corrected chi connectivity index (χ0v) is 20.8. The van der Waals surface area contributed by atoms with Crippen molar-refractivity contribution in [2.24, 2.45) is 20.0 Å². The third kappa shape index (κ3) is 4.87. The molecule has 0 radical (unpaired) electrons. The van der Waals surface area contributed by atoms with Crippen LogP contribution in [0.15, 0.2) is 151 Å². The van der Waals surface area contributed by atoms with Crippen molar-refractivity contribution in [1.29, 1.82) is 0 Å². The molecule has 0 bridgehead atoms. The molecule has 4 aromatic rings. The lowest BCUT2D eigenvalue weighted by molar-refractivity contribution is 1.42. The molecule has 0 saturated heterocycles. The Morgan fingerprint density at radius 1 is 0.417 bits per heavy atom. The van der Waals surface area contributed by atoms with Gasteiger partial charge in [0.05, 0.1) is 11.4 Å². The Morgan fingerprint density at radius 2 is 0.750 bits per heavy atom. The van der Waals surface area contributed by atoms with Gasteiger partial charge in [-0.2, -0.15) is 0 Å². The summed E-state index contributed by atoms with van der Waals surface area (Å²) >= 11 is 3.11. The van der Waals surface area contributed by atoms with Gasteiger partial charge in [-0.1, -0.05) is 97.1 Å². The number of rotatable bonds is 4. The summed E-state index contributed by atoms with van der Waals surface area (Å²) in [6, 6.07) is 40.3. The lowest BCUT2D eigenvalue weighted by Gasteiger charge is -2.02. The molecule has 2 aliphatic heterocycles. The summed E-state index contributed by atoms with van der Waals surface area (Å²) in [7, 11) is 0. The molecule has 0 aromatic heterocycles. The molecule has 0 unspecified atom stereocenters. The van der Waals surface area contributed by atoms with Crippen LogP contribution in [0, 0.1) is 0 Å². The number of thioether (sulfide) groups is 2. The molecule has 4 nitrogen and oxygen atoms in total. The van der Waals surface area contributed by atoms with Crippen molar-refractivity contribution >= 4 is 56.4 Å². The maximum absolute atomic E-state index is 5.03. The standard InChI is InChI=1S/C30H20N4S2/c1-5-13-21(14-6-1)25-27(31-23-17-9-3-10-18-23)35-29(33-25)30-34-26(22-15-7-2-8-16-22)28(36-30)32-24-19-11-4-12-20-24/h1-20H/b30-29+,31-27?,32-28?. The molecule has 4 aromatic carbocycles. The van der Waals surface area contributed by atoms with Gasteiger partial charge in [0.15, 0.2) is 0 Å². The van der Waals surface area contributed by atoms with Gasteiger partial charge in [-0.25, -0.2) is 20.0 Å². The molecule has 0 aliphatic carbocycles. The first kappa shape index (κ1) is 22.5. The van der Waals surface area contributed by atoms with Crippen LogP contribution in [-0.4, -0.2) is 21.5 Å². The largest absolute Gasteiger partial charge is 0.239 e. The van der Waals surface area contributed by atoms with E-state index in [0.717, 1.165) is 54.1 Å². The fraction of sp³-hybridized carbons (Fsp3) is 0. The van der Waals surface area contributed by atoms with E-state index >= 15 is 0 Å². The summed E-state index contributed by atoms with van der Waals surface area (Å²) < 4.78 is 0. The Labute approximate surface area is 218 Å². The fourth-order valence-electron chi connectivity index (χ4n) is 3.77. The zero-order chi connectivity index (χ0) is 24.2. The van der Waals surface area contributed by atoms with Crippen molar-refractivity contribution in [3.8, 4) is 0 Å². The lowest BCUT2D eigenvalue weighted by Crippen LogP contribution is -2.07. The Morgan fingerprint density at radius 3 is 1.11 bits per heavy atom. The molecular formula is C30H20N4S2. The summed E-state index contributed by atoms with van der Waals surface area (Å²) in [5, 5.41) is 3.39. The highest BCUT2D eigenvalue weighted by Gasteiger charge is 2.30. The average molecular weight is 501 g/mol. The topological polar surface area (TPSA) is 49.4 Å². The van der Waals surface area contributed by atoms with Crippen LogP contribution in [0.25, 0.3) is 0 Å². The van der Waals surface area contributed by atoms with E-state index in [1.165, 1.54) is 0 Å². The average Bonchev–Trinajstić information content (AvgIpc) is 3.55. The van der Waals surface area contributed by atoms with Gasteiger partial charge in [-0.15, -0.1) is 0 Å². The van der Waals surface area contributed by atoms with Crippen molar-refractivity contribution in [2.75, 3.05) is 0 Å². The quantitative estimate of drug-likeness (QED) is 0.285. The van der Waals surface area contributed by atoms with E-state index < -0.39 is 0 Å². The minimum Gasteiger partial charge on any atom is -0.239 e. The molecule has 6 heteroatoms. The first-order chi connectivity index (χ1) is 17.8.